The molecule has 0 atom stereocenters. The summed E-state index contributed by atoms with van der Waals surface area (Å²) in [4.78, 5) is 34.3. The van der Waals surface area contributed by atoms with E-state index < -0.39 is 23.6 Å². The highest BCUT2D eigenvalue weighted by molar-refractivity contribution is 5.83. The van der Waals surface area contributed by atoms with Gasteiger partial charge in [0.2, 0.25) is 5.89 Å². The van der Waals surface area contributed by atoms with Gasteiger partial charge in [0.05, 0.1) is 28.7 Å². The zero-order valence-electron chi connectivity index (χ0n) is 17.7. The minimum atomic E-state index is -2.87. The molecule has 0 spiro atoms. The molecule has 4 heterocycles. The number of aryl methyl sites for hydroxylation is 1. The number of nitrogens with zero attached hydrogens (tertiary/aromatic N) is 6. The molecule has 0 unspecified atom stereocenters. The fourth-order valence-electron chi connectivity index (χ4n) is 3.62. The first-order valence-corrected chi connectivity index (χ1v) is 10.1. The summed E-state index contributed by atoms with van der Waals surface area (Å²) in [6, 6.07) is 12.1. The number of alkyl halides is 2. The van der Waals surface area contributed by atoms with Crippen molar-refractivity contribution < 1.29 is 13.2 Å². The molecule has 5 aromatic rings. The van der Waals surface area contributed by atoms with Crippen LogP contribution in [0.3, 0.4) is 0 Å². The Balaban J connectivity index is 1.49. The number of fused-ring (bicyclic) bond motifs is 1. The molecule has 9 nitrogen and oxygen atoms in total. The van der Waals surface area contributed by atoms with Gasteiger partial charge in [-0.25, -0.2) is 4.79 Å². The van der Waals surface area contributed by atoms with Gasteiger partial charge in [-0.2, -0.15) is 8.78 Å². The molecule has 5 rings (SSSR count). The average Bonchev–Trinajstić information content (AvgIpc) is 3.37. The van der Waals surface area contributed by atoms with Crippen molar-refractivity contribution in [1.82, 2.24) is 29.3 Å². The Morgan fingerprint density at radius 1 is 0.971 bits per heavy atom. The topological polar surface area (TPSA) is 109 Å². The number of halogens is 2. The van der Waals surface area contributed by atoms with Gasteiger partial charge in [-0.3, -0.25) is 23.9 Å². The van der Waals surface area contributed by atoms with Crippen LogP contribution in [-0.4, -0.2) is 29.3 Å². The summed E-state index contributed by atoms with van der Waals surface area (Å²) in [6.45, 7) is -0.0695. The van der Waals surface area contributed by atoms with Gasteiger partial charge >= 0.3 is 12.1 Å². The summed E-state index contributed by atoms with van der Waals surface area (Å²) in [5, 5.41) is 7.25. The molecule has 170 valence electrons. The molecule has 0 amide bonds. The molecule has 0 radical (unpaired) electrons. The smallest absolute Gasteiger partial charge is 0.331 e. The third-order valence-electron chi connectivity index (χ3n) is 5.39. The van der Waals surface area contributed by atoms with Crippen LogP contribution in [-0.2, 0) is 13.6 Å². The van der Waals surface area contributed by atoms with Crippen LogP contribution in [0.2, 0.25) is 0 Å². The number of benzene rings is 1. The van der Waals surface area contributed by atoms with Gasteiger partial charge < -0.3 is 4.42 Å². The van der Waals surface area contributed by atoms with Crippen molar-refractivity contribution in [2.45, 2.75) is 13.0 Å². The minimum Gasteiger partial charge on any atom is -0.415 e. The summed E-state index contributed by atoms with van der Waals surface area (Å²) >= 11 is 0. The Hall–Kier alpha value is -4.54. The lowest BCUT2D eigenvalue weighted by molar-refractivity contribution is 0.116. The van der Waals surface area contributed by atoms with Crippen molar-refractivity contribution in [3.63, 3.8) is 0 Å². The third kappa shape index (κ3) is 3.76. The molecule has 1 aromatic carbocycles. The normalized spacial score (nSPS) is 11.4. The molecular formula is C23H16F2N6O3. The van der Waals surface area contributed by atoms with Crippen molar-refractivity contribution in [3.05, 3.63) is 93.5 Å². The van der Waals surface area contributed by atoms with E-state index in [1.54, 1.807) is 43.7 Å². The van der Waals surface area contributed by atoms with Crippen LogP contribution in [0.15, 0.2) is 75.1 Å². The van der Waals surface area contributed by atoms with Crippen LogP contribution in [0.4, 0.5) is 8.78 Å². The van der Waals surface area contributed by atoms with E-state index in [-0.39, 0.29) is 12.4 Å². The van der Waals surface area contributed by atoms with Crippen molar-refractivity contribution in [1.29, 1.82) is 0 Å². The molecule has 0 fully saturated rings. The van der Waals surface area contributed by atoms with Crippen LogP contribution in [0, 0.1) is 0 Å². The standard InChI is InChI=1S/C23H16F2N6O3/c1-30-18-10-14(13-6-8-26-9-7-13)3-5-17(18)22(32)31(23(30)33)12-16-4-2-15(11-27-16)20-28-29-21(34-20)19(24)25/h2-11,19H,12H2,1H3. The Bertz CT molecular complexity index is 1610. The second-order valence-corrected chi connectivity index (χ2v) is 7.49. The molecule has 0 aliphatic carbocycles. The average molecular weight is 462 g/mol. The number of aromatic nitrogens is 6. The molecule has 0 aliphatic heterocycles. The second-order valence-electron chi connectivity index (χ2n) is 7.49. The molecule has 0 bridgehead atoms. The highest BCUT2D eigenvalue weighted by Crippen LogP contribution is 2.23. The van der Waals surface area contributed by atoms with Crippen molar-refractivity contribution in [2.24, 2.45) is 7.05 Å². The fraction of sp³-hybridized carbons (Fsp3) is 0.130. The van der Waals surface area contributed by atoms with Gasteiger partial charge in [-0.1, -0.05) is 6.07 Å². The first kappa shape index (κ1) is 21.3. The first-order chi connectivity index (χ1) is 16.4. The van der Waals surface area contributed by atoms with E-state index in [4.69, 9.17) is 4.42 Å². The van der Waals surface area contributed by atoms with Gasteiger partial charge in [-0.05, 0) is 47.5 Å². The summed E-state index contributed by atoms with van der Waals surface area (Å²) in [7, 11) is 1.60. The van der Waals surface area contributed by atoms with Gasteiger partial charge in [-0.15, -0.1) is 10.2 Å². The van der Waals surface area contributed by atoms with Crippen LogP contribution in [0.25, 0.3) is 33.5 Å². The summed E-state index contributed by atoms with van der Waals surface area (Å²) < 4.78 is 32.7. The third-order valence-corrected chi connectivity index (χ3v) is 5.39. The molecule has 34 heavy (non-hydrogen) atoms. The SMILES string of the molecule is Cn1c(=O)n(Cc2ccc(-c3nnc(C(F)F)o3)cn2)c(=O)c2ccc(-c3ccncc3)cc21. The van der Waals surface area contributed by atoms with E-state index in [9.17, 15) is 18.4 Å². The molecule has 11 heteroatoms. The van der Waals surface area contributed by atoms with Crippen molar-refractivity contribution in [3.8, 4) is 22.6 Å². The Labute approximate surface area is 190 Å². The quantitative estimate of drug-likeness (QED) is 0.395. The zero-order chi connectivity index (χ0) is 23.8. The predicted molar refractivity (Wildman–Crippen MR) is 118 cm³/mol. The predicted octanol–water partition coefficient (Wildman–Crippen LogP) is 3.19. The van der Waals surface area contributed by atoms with Crippen LogP contribution >= 0.6 is 0 Å². The molecule has 0 saturated heterocycles. The molecule has 0 saturated carbocycles. The summed E-state index contributed by atoms with van der Waals surface area (Å²) in [6.07, 6.45) is 1.83. The number of hydrogen-bond donors (Lipinski definition) is 0. The fourth-order valence-corrected chi connectivity index (χ4v) is 3.62. The number of hydrogen-bond acceptors (Lipinski definition) is 7. The Kier molecular flexibility index (Phi) is 5.28. The summed E-state index contributed by atoms with van der Waals surface area (Å²) in [5.74, 6) is -0.879. The number of rotatable bonds is 5. The maximum absolute atomic E-state index is 13.1. The van der Waals surface area contributed by atoms with E-state index >= 15 is 0 Å². The largest absolute Gasteiger partial charge is 0.415 e. The van der Waals surface area contributed by atoms with E-state index in [0.29, 0.717) is 22.2 Å². The van der Waals surface area contributed by atoms with Gasteiger partial charge in [0.25, 0.3) is 11.4 Å². The lowest BCUT2D eigenvalue weighted by Gasteiger charge is -2.12. The zero-order valence-corrected chi connectivity index (χ0v) is 17.7. The Morgan fingerprint density at radius 2 is 1.74 bits per heavy atom. The lowest BCUT2D eigenvalue weighted by atomic mass is 10.1. The van der Waals surface area contributed by atoms with Crippen molar-refractivity contribution >= 4 is 10.9 Å². The van der Waals surface area contributed by atoms with Gasteiger partial charge in [0, 0.05) is 25.6 Å². The van der Waals surface area contributed by atoms with E-state index in [2.05, 4.69) is 20.2 Å². The van der Waals surface area contributed by atoms with Gasteiger partial charge in [0.15, 0.2) is 0 Å². The lowest BCUT2D eigenvalue weighted by Crippen LogP contribution is -2.39. The van der Waals surface area contributed by atoms with E-state index in [0.717, 1.165) is 15.7 Å². The maximum atomic E-state index is 13.1. The van der Waals surface area contributed by atoms with Gasteiger partial charge in [0.1, 0.15) is 0 Å². The molecule has 0 aliphatic rings. The molecular weight excluding hydrogens is 446 g/mol. The maximum Gasteiger partial charge on any atom is 0.331 e. The first-order valence-electron chi connectivity index (χ1n) is 10.1. The summed E-state index contributed by atoms with van der Waals surface area (Å²) in [5.41, 5.74) is 2.11. The van der Waals surface area contributed by atoms with Crippen LogP contribution in [0.5, 0.6) is 0 Å². The molecule has 4 aromatic heterocycles. The Morgan fingerprint density at radius 3 is 2.41 bits per heavy atom. The van der Waals surface area contributed by atoms with E-state index in [1.807, 2.05) is 18.2 Å². The van der Waals surface area contributed by atoms with Crippen LogP contribution in [0.1, 0.15) is 18.0 Å². The monoisotopic (exact) mass is 462 g/mol. The second kappa shape index (κ2) is 8.43. The van der Waals surface area contributed by atoms with Crippen molar-refractivity contribution in [2.75, 3.05) is 0 Å². The number of pyridine rings is 2. The van der Waals surface area contributed by atoms with E-state index in [1.165, 1.54) is 10.8 Å². The highest BCUT2D eigenvalue weighted by Gasteiger charge is 2.18. The highest BCUT2D eigenvalue weighted by atomic mass is 19.3. The molecule has 0 N–H and O–H groups in total. The van der Waals surface area contributed by atoms with Crippen LogP contribution < -0.4 is 11.2 Å². The minimum absolute atomic E-state index is 0.0695.